The number of halogens is 5. The number of methoxy groups -OCH3 is 1. The number of alkyl halides is 3. The molecule has 2 aromatic rings. The summed E-state index contributed by atoms with van der Waals surface area (Å²) in [6.45, 7) is 1.41. The molecule has 0 bridgehead atoms. The van der Waals surface area contributed by atoms with Gasteiger partial charge in [0.25, 0.3) is 0 Å². The Morgan fingerprint density at radius 1 is 1.33 bits per heavy atom. The second kappa shape index (κ2) is 6.54. The maximum absolute atomic E-state index is 13.5. The van der Waals surface area contributed by atoms with Crippen molar-refractivity contribution in [2.45, 2.75) is 13.1 Å². The van der Waals surface area contributed by atoms with E-state index in [1.807, 2.05) is 0 Å². The fraction of sp³-hybridized carbons (Fsp3) is 0.200. The van der Waals surface area contributed by atoms with Crippen LogP contribution < -0.4 is 5.73 Å². The number of anilines is 1. The van der Waals surface area contributed by atoms with Gasteiger partial charge in [0.2, 0.25) is 0 Å². The molecule has 0 aliphatic carbocycles. The van der Waals surface area contributed by atoms with Crippen molar-refractivity contribution in [3.05, 3.63) is 44.4 Å². The van der Waals surface area contributed by atoms with Gasteiger partial charge in [0.15, 0.2) is 0 Å². The standard InChI is InChI=1S/C15H11F4IN2O2/c1-6-3-10(22-5-9(6)16)11-8(15(17,18)19)4-7(14(23)24-2)13(21)12(11)20/h3-5H,21H2,1-2H3. The van der Waals surface area contributed by atoms with Gasteiger partial charge in [0, 0.05) is 9.13 Å². The SMILES string of the molecule is COC(=O)c1cc(C(F)(F)F)c(-c2cc(C)c(F)cn2)c(I)c1N. The molecule has 0 fully saturated rings. The molecule has 0 aliphatic rings. The first-order valence-electron chi connectivity index (χ1n) is 6.48. The molecule has 1 aromatic heterocycles. The highest BCUT2D eigenvalue weighted by Crippen LogP contribution is 2.42. The van der Waals surface area contributed by atoms with Crippen molar-refractivity contribution >= 4 is 34.2 Å². The number of carbonyl (C=O) groups excluding carboxylic acids is 1. The van der Waals surface area contributed by atoms with Gasteiger partial charge in [-0.3, -0.25) is 4.98 Å². The quantitative estimate of drug-likeness (QED) is 0.320. The number of ether oxygens (including phenoxy) is 1. The summed E-state index contributed by atoms with van der Waals surface area (Å²) in [5.41, 5.74) is 3.89. The lowest BCUT2D eigenvalue weighted by Gasteiger charge is -2.18. The van der Waals surface area contributed by atoms with Crippen LogP contribution in [0.1, 0.15) is 21.5 Å². The molecule has 1 heterocycles. The molecule has 0 unspecified atom stereocenters. The van der Waals surface area contributed by atoms with Crippen molar-refractivity contribution < 1.29 is 27.1 Å². The monoisotopic (exact) mass is 454 g/mol. The number of nitrogens with zero attached hydrogens (tertiary/aromatic N) is 1. The number of esters is 1. The van der Waals surface area contributed by atoms with Crippen LogP contribution >= 0.6 is 22.6 Å². The number of pyridine rings is 1. The molecule has 2 N–H and O–H groups in total. The van der Waals surface area contributed by atoms with Gasteiger partial charge in [-0.2, -0.15) is 13.2 Å². The molecule has 0 radical (unpaired) electrons. The third kappa shape index (κ3) is 3.30. The minimum absolute atomic E-state index is 0.0127. The van der Waals surface area contributed by atoms with Crippen molar-refractivity contribution in [2.75, 3.05) is 12.8 Å². The summed E-state index contributed by atoms with van der Waals surface area (Å²) < 4.78 is 58.2. The highest BCUT2D eigenvalue weighted by molar-refractivity contribution is 14.1. The Labute approximate surface area is 148 Å². The Bertz CT molecular complexity index is 822. The van der Waals surface area contributed by atoms with E-state index in [1.54, 1.807) is 22.6 Å². The molecule has 1 aromatic carbocycles. The first-order valence-corrected chi connectivity index (χ1v) is 7.55. The second-order valence-corrected chi connectivity index (χ2v) is 5.96. The highest BCUT2D eigenvalue weighted by atomic mass is 127. The average molecular weight is 454 g/mol. The minimum atomic E-state index is -4.77. The Morgan fingerprint density at radius 2 is 1.96 bits per heavy atom. The molecule has 128 valence electrons. The number of carbonyl (C=O) groups is 1. The van der Waals surface area contributed by atoms with Crippen molar-refractivity contribution in [3.8, 4) is 11.3 Å². The van der Waals surface area contributed by atoms with E-state index in [-0.39, 0.29) is 26.1 Å². The summed E-state index contributed by atoms with van der Waals surface area (Å²) in [6.07, 6.45) is -3.93. The van der Waals surface area contributed by atoms with Crippen LogP contribution in [0.3, 0.4) is 0 Å². The molecule has 0 saturated heterocycles. The molecule has 0 aliphatic heterocycles. The topological polar surface area (TPSA) is 65.2 Å². The number of aromatic nitrogens is 1. The summed E-state index contributed by atoms with van der Waals surface area (Å²) in [6, 6.07) is 1.82. The molecule has 0 spiro atoms. The fourth-order valence-electron chi connectivity index (χ4n) is 2.09. The summed E-state index contributed by atoms with van der Waals surface area (Å²) >= 11 is 1.60. The largest absolute Gasteiger partial charge is 0.465 e. The summed E-state index contributed by atoms with van der Waals surface area (Å²) in [7, 11) is 1.04. The van der Waals surface area contributed by atoms with E-state index in [0.29, 0.717) is 6.07 Å². The van der Waals surface area contributed by atoms with Crippen LogP contribution in [0.25, 0.3) is 11.3 Å². The number of hydrogen-bond acceptors (Lipinski definition) is 4. The van der Waals surface area contributed by atoms with Crippen LogP contribution in [-0.4, -0.2) is 18.1 Å². The van der Waals surface area contributed by atoms with Gasteiger partial charge in [-0.25, -0.2) is 9.18 Å². The number of aryl methyl sites for hydroxylation is 1. The van der Waals surface area contributed by atoms with E-state index < -0.39 is 29.1 Å². The van der Waals surface area contributed by atoms with E-state index in [2.05, 4.69) is 9.72 Å². The molecule has 0 atom stereocenters. The normalized spacial score (nSPS) is 11.5. The van der Waals surface area contributed by atoms with Crippen molar-refractivity contribution in [1.29, 1.82) is 0 Å². The molecule has 24 heavy (non-hydrogen) atoms. The van der Waals surface area contributed by atoms with Gasteiger partial charge >= 0.3 is 12.1 Å². The van der Waals surface area contributed by atoms with Crippen molar-refractivity contribution in [1.82, 2.24) is 4.98 Å². The molecule has 0 amide bonds. The Kier molecular flexibility index (Phi) is 5.02. The lowest BCUT2D eigenvalue weighted by molar-refractivity contribution is -0.137. The minimum Gasteiger partial charge on any atom is -0.465 e. The second-order valence-electron chi connectivity index (χ2n) is 4.88. The molecule has 9 heteroatoms. The lowest BCUT2D eigenvalue weighted by Crippen LogP contribution is -2.15. The van der Waals surface area contributed by atoms with Gasteiger partial charge in [-0.15, -0.1) is 0 Å². The van der Waals surface area contributed by atoms with Crippen LogP contribution in [-0.2, 0) is 10.9 Å². The fourth-order valence-corrected chi connectivity index (χ4v) is 2.95. The molecular weight excluding hydrogens is 443 g/mol. The summed E-state index contributed by atoms with van der Waals surface area (Å²) in [5.74, 6) is -1.62. The van der Waals surface area contributed by atoms with Gasteiger partial charge in [-0.1, -0.05) is 0 Å². The molecule has 4 nitrogen and oxygen atoms in total. The zero-order valence-corrected chi connectivity index (χ0v) is 14.6. The van der Waals surface area contributed by atoms with Crippen LogP contribution in [0.15, 0.2) is 18.3 Å². The number of nitrogens with two attached hydrogens (primary N) is 1. The summed E-state index contributed by atoms with van der Waals surface area (Å²) in [4.78, 5) is 15.4. The van der Waals surface area contributed by atoms with Gasteiger partial charge in [-0.05, 0) is 47.2 Å². The van der Waals surface area contributed by atoms with Crippen LogP contribution in [0.2, 0.25) is 0 Å². The van der Waals surface area contributed by atoms with Gasteiger partial charge in [0.05, 0.1) is 35.8 Å². The van der Waals surface area contributed by atoms with E-state index >= 15 is 0 Å². The zero-order valence-electron chi connectivity index (χ0n) is 12.5. The van der Waals surface area contributed by atoms with E-state index in [9.17, 15) is 22.4 Å². The number of benzene rings is 1. The van der Waals surface area contributed by atoms with Crippen molar-refractivity contribution in [2.24, 2.45) is 0 Å². The van der Waals surface area contributed by atoms with E-state index in [1.165, 1.54) is 13.0 Å². The maximum atomic E-state index is 13.5. The molecule has 0 saturated carbocycles. The summed E-state index contributed by atoms with van der Waals surface area (Å²) in [5, 5.41) is 0. The van der Waals surface area contributed by atoms with Gasteiger partial charge in [0.1, 0.15) is 5.82 Å². The maximum Gasteiger partial charge on any atom is 0.417 e. The first-order chi connectivity index (χ1) is 11.1. The number of rotatable bonds is 2. The van der Waals surface area contributed by atoms with E-state index in [0.717, 1.165) is 13.3 Å². The predicted octanol–water partition coefficient (Wildman–Crippen LogP) is 4.19. The third-order valence-corrected chi connectivity index (χ3v) is 4.44. The van der Waals surface area contributed by atoms with Gasteiger partial charge < -0.3 is 10.5 Å². The Balaban J connectivity index is 2.86. The number of nitrogen functional groups attached to an aromatic ring is 1. The van der Waals surface area contributed by atoms with Crippen molar-refractivity contribution in [3.63, 3.8) is 0 Å². The van der Waals surface area contributed by atoms with E-state index in [4.69, 9.17) is 5.73 Å². The lowest BCUT2D eigenvalue weighted by atomic mass is 9.98. The Hall–Kier alpha value is -1.91. The third-order valence-electron chi connectivity index (χ3n) is 3.32. The Morgan fingerprint density at radius 3 is 2.46 bits per heavy atom. The van der Waals surface area contributed by atoms with Crippen LogP contribution in [0.4, 0.5) is 23.2 Å². The number of hydrogen-bond donors (Lipinski definition) is 1. The predicted molar refractivity (Wildman–Crippen MR) is 87.8 cm³/mol. The highest BCUT2D eigenvalue weighted by Gasteiger charge is 2.37. The smallest absolute Gasteiger partial charge is 0.417 e. The van der Waals surface area contributed by atoms with Crippen LogP contribution in [0, 0.1) is 16.3 Å². The first kappa shape index (κ1) is 18.4. The molecular formula is C15H11F4IN2O2. The zero-order chi connectivity index (χ0) is 18.2. The average Bonchev–Trinajstić information content (AvgIpc) is 2.50. The van der Waals surface area contributed by atoms with Crippen LogP contribution in [0.5, 0.6) is 0 Å². The molecule has 2 rings (SSSR count).